The van der Waals surface area contributed by atoms with Crippen LogP contribution in [-0.4, -0.2) is 89.3 Å². The number of carbonyl (C=O) groups is 1. The van der Waals surface area contributed by atoms with Crippen LogP contribution in [0.1, 0.15) is 12.0 Å². The van der Waals surface area contributed by atoms with Crippen LogP contribution in [0.3, 0.4) is 0 Å². The van der Waals surface area contributed by atoms with E-state index in [1.54, 1.807) is 12.1 Å². The van der Waals surface area contributed by atoms with E-state index in [1.165, 1.54) is 4.31 Å². The first-order valence-corrected chi connectivity index (χ1v) is 11.5. The SMILES string of the molecule is Cc1ccc2c(c1)N(S(C)(=O)=O)C[C@H](C(=O)NCCCN1CCN(C)CC1)O2. The zero-order chi connectivity index (χ0) is 20.3. The number of aryl methyl sites for hydroxylation is 1. The second kappa shape index (κ2) is 8.67. The van der Waals surface area contributed by atoms with Crippen LogP contribution in [0.5, 0.6) is 5.75 Å². The second-order valence-corrected chi connectivity index (χ2v) is 9.57. The van der Waals surface area contributed by atoms with Gasteiger partial charge in [-0.3, -0.25) is 9.10 Å². The summed E-state index contributed by atoms with van der Waals surface area (Å²) in [4.78, 5) is 17.3. The lowest BCUT2D eigenvalue weighted by atomic mass is 10.1. The van der Waals surface area contributed by atoms with Gasteiger partial charge in [-0.2, -0.15) is 0 Å². The van der Waals surface area contributed by atoms with Gasteiger partial charge >= 0.3 is 0 Å². The van der Waals surface area contributed by atoms with Crippen LogP contribution in [0.25, 0.3) is 0 Å². The van der Waals surface area contributed by atoms with E-state index in [4.69, 9.17) is 4.74 Å². The van der Waals surface area contributed by atoms with Crippen molar-refractivity contribution < 1.29 is 17.9 Å². The molecule has 0 aliphatic carbocycles. The van der Waals surface area contributed by atoms with Gasteiger partial charge in [-0.1, -0.05) is 6.07 Å². The number of hydrogen-bond donors (Lipinski definition) is 1. The number of sulfonamides is 1. The van der Waals surface area contributed by atoms with Crippen LogP contribution < -0.4 is 14.4 Å². The molecule has 9 heteroatoms. The Hall–Kier alpha value is -1.84. The molecule has 0 spiro atoms. The highest BCUT2D eigenvalue weighted by Crippen LogP contribution is 2.35. The highest BCUT2D eigenvalue weighted by Gasteiger charge is 2.34. The van der Waals surface area contributed by atoms with Crippen LogP contribution in [-0.2, 0) is 14.8 Å². The van der Waals surface area contributed by atoms with Crippen molar-refractivity contribution in [3.05, 3.63) is 23.8 Å². The number of benzene rings is 1. The van der Waals surface area contributed by atoms with Crippen molar-refractivity contribution in [3.63, 3.8) is 0 Å². The van der Waals surface area contributed by atoms with E-state index >= 15 is 0 Å². The molecule has 1 amide bonds. The fourth-order valence-electron chi connectivity index (χ4n) is 3.51. The summed E-state index contributed by atoms with van der Waals surface area (Å²) < 4.78 is 31.5. The molecule has 156 valence electrons. The number of carbonyl (C=O) groups excluding carboxylic acids is 1. The summed E-state index contributed by atoms with van der Waals surface area (Å²) in [5.74, 6) is 0.137. The van der Waals surface area contributed by atoms with Crippen molar-refractivity contribution in [2.45, 2.75) is 19.4 Å². The Balaban J connectivity index is 1.55. The van der Waals surface area contributed by atoms with E-state index in [9.17, 15) is 13.2 Å². The van der Waals surface area contributed by atoms with Crippen LogP contribution in [0.2, 0.25) is 0 Å². The van der Waals surface area contributed by atoms with E-state index in [1.807, 2.05) is 13.0 Å². The van der Waals surface area contributed by atoms with Gasteiger partial charge in [-0.25, -0.2) is 8.42 Å². The number of rotatable bonds is 6. The lowest BCUT2D eigenvalue weighted by Gasteiger charge is -2.34. The van der Waals surface area contributed by atoms with Gasteiger partial charge in [0.1, 0.15) is 5.75 Å². The maximum atomic E-state index is 12.6. The van der Waals surface area contributed by atoms with Crippen LogP contribution in [0.4, 0.5) is 5.69 Å². The molecular formula is C19H30N4O4S. The van der Waals surface area contributed by atoms with Gasteiger partial charge in [0.15, 0.2) is 6.10 Å². The number of nitrogens with zero attached hydrogens (tertiary/aromatic N) is 3. The van der Waals surface area contributed by atoms with E-state index in [0.717, 1.165) is 51.0 Å². The lowest BCUT2D eigenvalue weighted by molar-refractivity contribution is -0.127. The molecule has 1 saturated heterocycles. The number of likely N-dealkylation sites (N-methyl/N-ethyl adjacent to an activating group) is 1. The van der Waals surface area contributed by atoms with E-state index in [-0.39, 0.29) is 12.5 Å². The average Bonchev–Trinajstić information content (AvgIpc) is 2.64. The number of piperazine rings is 1. The number of amides is 1. The van der Waals surface area contributed by atoms with Crippen molar-refractivity contribution in [3.8, 4) is 5.75 Å². The minimum absolute atomic E-state index is 0.0143. The molecule has 1 aromatic rings. The number of nitrogens with one attached hydrogen (secondary N) is 1. The summed E-state index contributed by atoms with van der Waals surface area (Å²) in [7, 11) is -1.38. The highest BCUT2D eigenvalue weighted by atomic mass is 32.2. The standard InChI is InChI=1S/C19H30N4O4S/c1-15-5-6-17-16(13-15)23(28(3,25)26)14-18(27-17)19(24)20-7-4-8-22-11-9-21(2)10-12-22/h5-6,13,18H,4,7-12,14H2,1-3H3,(H,20,24)/t18-/m1/s1. The molecule has 0 unspecified atom stereocenters. The van der Waals surface area contributed by atoms with Gasteiger partial charge in [0, 0.05) is 32.7 Å². The Morgan fingerprint density at radius 3 is 2.64 bits per heavy atom. The zero-order valence-electron chi connectivity index (χ0n) is 16.8. The Kier molecular flexibility index (Phi) is 6.47. The molecule has 2 aliphatic rings. The minimum atomic E-state index is -3.50. The molecule has 1 aromatic carbocycles. The molecule has 3 rings (SSSR count). The van der Waals surface area contributed by atoms with Crippen molar-refractivity contribution in [1.29, 1.82) is 0 Å². The highest BCUT2D eigenvalue weighted by molar-refractivity contribution is 7.92. The monoisotopic (exact) mass is 410 g/mol. The quantitative estimate of drug-likeness (QED) is 0.679. The third-order valence-electron chi connectivity index (χ3n) is 5.22. The zero-order valence-corrected chi connectivity index (χ0v) is 17.7. The van der Waals surface area contributed by atoms with Gasteiger partial charge in [0.2, 0.25) is 10.0 Å². The summed E-state index contributed by atoms with van der Waals surface area (Å²) >= 11 is 0. The fourth-order valence-corrected chi connectivity index (χ4v) is 4.42. The third kappa shape index (κ3) is 5.15. The molecule has 28 heavy (non-hydrogen) atoms. The smallest absolute Gasteiger partial charge is 0.263 e. The Morgan fingerprint density at radius 1 is 1.25 bits per heavy atom. The normalized spacial score (nSPS) is 21.1. The fraction of sp³-hybridized carbons (Fsp3) is 0.632. The Morgan fingerprint density at radius 2 is 1.96 bits per heavy atom. The molecule has 8 nitrogen and oxygen atoms in total. The topological polar surface area (TPSA) is 82.2 Å². The van der Waals surface area contributed by atoms with Gasteiger partial charge in [0.05, 0.1) is 18.5 Å². The van der Waals surface area contributed by atoms with Crippen molar-refractivity contribution in [2.24, 2.45) is 0 Å². The second-order valence-electron chi connectivity index (χ2n) is 7.66. The maximum absolute atomic E-state index is 12.6. The van der Waals surface area contributed by atoms with Gasteiger partial charge in [0.25, 0.3) is 5.91 Å². The number of anilines is 1. The van der Waals surface area contributed by atoms with Gasteiger partial charge in [-0.05, 0) is 44.6 Å². The summed E-state index contributed by atoms with van der Waals surface area (Å²) in [6.07, 6.45) is 1.15. The third-order valence-corrected chi connectivity index (χ3v) is 6.37. The molecule has 1 N–H and O–H groups in total. The predicted octanol–water partition coefficient (Wildman–Crippen LogP) is 0.276. The van der Waals surface area contributed by atoms with Crippen molar-refractivity contribution >= 4 is 21.6 Å². The molecule has 0 radical (unpaired) electrons. The number of fused-ring (bicyclic) bond motifs is 1. The molecule has 0 saturated carbocycles. The molecule has 1 atom stereocenters. The molecule has 2 heterocycles. The van der Waals surface area contributed by atoms with Gasteiger partial charge in [-0.15, -0.1) is 0 Å². The minimum Gasteiger partial charge on any atom is -0.476 e. The molecule has 0 bridgehead atoms. The van der Waals surface area contributed by atoms with Crippen molar-refractivity contribution in [2.75, 3.05) is 63.4 Å². The summed E-state index contributed by atoms with van der Waals surface area (Å²) in [5.41, 5.74) is 1.42. The number of hydrogen-bond acceptors (Lipinski definition) is 6. The Bertz CT molecular complexity index is 806. The van der Waals surface area contributed by atoms with Crippen LogP contribution in [0, 0.1) is 6.92 Å². The van der Waals surface area contributed by atoms with Crippen molar-refractivity contribution in [1.82, 2.24) is 15.1 Å². The number of ether oxygens (including phenoxy) is 1. The lowest BCUT2D eigenvalue weighted by Crippen LogP contribution is -2.51. The molecule has 1 fully saturated rings. The van der Waals surface area contributed by atoms with E-state index < -0.39 is 16.1 Å². The van der Waals surface area contributed by atoms with Crippen LogP contribution >= 0.6 is 0 Å². The maximum Gasteiger partial charge on any atom is 0.263 e. The summed E-state index contributed by atoms with van der Waals surface area (Å²) in [6.45, 7) is 7.61. The molecule has 2 aliphatic heterocycles. The first-order valence-electron chi connectivity index (χ1n) is 9.67. The largest absolute Gasteiger partial charge is 0.476 e. The van der Waals surface area contributed by atoms with Gasteiger partial charge < -0.3 is 19.9 Å². The first kappa shape index (κ1) is 20.9. The van der Waals surface area contributed by atoms with Crippen LogP contribution in [0.15, 0.2) is 18.2 Å². The molecular weight excluding hydrogens is 380 g/mol. The van der Waals surface area contributed by atoms with E-state index in [0.29, 0.717) is 18.0 Å². The average molecular weight is 411 g/mol. The predicted molar refractivity (Wildman–Crippen MR) is 109 cm³/mol. The Labute approximate surface area is 167 Å². The first-order chi connectivity index (χ1) is 13.2. The summed E-state index contributed by atoms with van der Waals surface area (Å²) in [5, 5.41) is 2.89. The molecule has 0 aromatic heterocycles. The van der Waals surface area contributed by atoms with E-state index in [2.05, 4.69) is 22.2 Å². The summed E-state index contributed by atoms with van der Waals surface area (Å²) in [6, 6.07) is 5.33.